The predicted octanol–water partition coefficient (Wildman–Crippen LogP) is 3.32. The van der Waals surface area contributed by atoms with Crippen molar-refractivity contribution in [3.8, 4) is 0 Å². The average Bonchev–Trinajstić information content (AvgIpc) is 2.20. The van der Waals surface area contributed by atoms with Gasteiger partial charge in [-0.05, 0) is 15.9 Å². The fourth-order valence-electron chi connectivity index (χ4n) is 0.206. The van der Waals surface area contributed by atoms with Crippen molar-refractivity contribution in [3.05, 3.63) is 15.5 Å². The summed E-state index contributed by atoms with van der Waals surface area (Å²) in [7, 11) is 0. The van der Waals surface area contributed by atoms with Crippen LogP contribution in [0.2, 0.25) is 0 Å². The Balaban J connectivity index is 0.000000187. The molecule has 0 radical (unpaired) electrons. The van der Waals surface area contributed by atoms with Crippen molar-refractivity contribution in [2.45, 2.75) is 20.3 Å². The molecule has 0 fully saturated rings. The van der Waals surface area contributed by atoms with Gasteiger partial charge in [0.2, 0.25) is 0 Å². The average molecular weight is 208 g/mol. The van der Waals surface area contributed by atoms with Gasteiger partial charge in [0.15, 0.2) is 3.92 Å². The first-order chi connectivity index (χ1) is 4.31. The minimum atomic E-state index is 0.947. The maximum absolute atomic E-state index is 3.85. The van der Waals surface area contributed by atoms with E-state index in [1.165, 1.54) is 6.42 Å². The van der Waals surface area contributed by atoms with Crippen LogP contribution in [0.15, 0.2) is 15.5 Å². The summed E-state index contributed by atoms with van der Waals surface area (Å²) in [5.74, 6) is 0. The first kappa shape index (κ1) is 9.11. The van der Waals surface area contributed by atoms with Gasteiger partial charge in [-0.3, -0.25) is 0 Å². The van der Waals surface area contributed by atoms with E-state index in [1.807, 2.05) is 5.38 Å². The summed E-state index contributed by atoms with van der Waals surface area (Å²) >= 11 is 4.77. The molecule has 1 nitrogen and oxygen atoms in total. The zero-order chi connectivity index (χ0) is 7.11. The Morgan fingerprint density at radius 3 is 2.33 bits per heavy atom. The highest BCUT2D eigenvalue weighted by molar-refractivity contribution is 9.11. The van der Waals surface area contributed by atoms with Crippen LogP contribution in [0, 0.1) is 0 Å². The highest BCUT2D eigenvalue weighted by atomic mass is 79.9. The standard InChI is InChI=1S/C3H2BrNS.C3H8/c4-3-5-1-2-6-3;1-3-2/h1-2H;3H2,1-2H3. The summed E-state index contributed by atoms with van der Waals surface area (Å²) in [6.07, 6.45) is 3.01. The molecule has 3 heteroatoms. The Labute approximate surface area is 68.3 Å². The largest absolute Gasteiger partial charge is 0.238 e. The fraction of sp³-hybridized carbons (Fsp3) is 0.500. The highest BCUT2D eigenvalue weighted by Gasteiger charge is 1.79. The van der Waals surface area contributed by atoms with Crippen LogP contribution in [-0.4, -0.2) is 4.98 Å². The lowest BCUT2D eigenvalue weighted by Gasteiger charge is -1.61. The number of aromatic nitrogens is 1. The van der Waals surface area contributed by atoms with Crippen LogP contribution < -0.4 is 0 Å². The Morgan fingerprint density at radius 1 is 1.67 bits per heavy atom. The predicted molar refractivity (Wildman–Crippen MR) is 45.8 cm³/mol. The van der Waals surface area contributed by atoms with E-state index in [9.17, 15) is 0 Å². The van der Waals surface area contributed by atoms with E-state index in [0.29, 0.717) is 0 Å². The molecule has 52 valence electrons. The molecule has 0 spiro atoms. The normalized spacial score (nSPS) is 7.89. The van der Waals surface area contributed by atoms with Crippen LogP contribution in [0.1, 0.15) is 20.3 Å². The number of rotatable bonds is 0. The second-order valence-electron chi connectivity index (χ2n) is 1.49. The van der Waals surface area contributed by atoms with Crippen LogP contribution in [0.3, 0.4) is 0 Å². The van der Waals surface area contributed by atoms with Gasteiger partial charge < -0.3 is 0 Å². The van der Waals surface area contributed by atoms with E-state index < -0.39 is 0 Å². The molecule has 0 unspecified atom stereocenters. The molecule has 0 aliphatic rings. The van der Waals surface area contributed by atoms with Gasteiger partial charge in [0, 0.05) is 11.6 Å². The molecule has 0 saturated carbocycles. The summed E-state index contributed by atoms with van der Waals surface area (Å²) in [5, 5.41) is 1.92. The minimum Gasteiger partial charge on any atom is -0.238 e. The van der Waals surface area contributed by atoms with Gasteiger partial charge in [-0.15, -0.1) is 11.3 Å². The number of hydrogen-bond acceptors (Lipinski definition) is 2. The zero-order valence-electron chi connectivity index (χ0n) is 5.60. The van der Waals surface area contributed by atoms with Crippen LogP contribution >= 0.6 is 27.3 Å². The maximum atomic E-state index is 3.85. The van der Waals surface area contributed by atoms with Crippen molar-refractivity contribution in [2.75, 3.05) is 0 Å². The van der Waals surface area contributed by atoms with Gasteiger partial charge in [0.25, 0.3) is 0 Å². The molecular weight excluding hydrogens is 198 g/mol. The lowest BCUT2D eigenvalue weighted by Crippen LogP contribution is -1.47. The SMILES string of the molecule is Brc1nccs1.CCC. The maximum Gasteiger partial charge on any atom is 0.159 e. The molecule has 0 bridgehead atoms. The number of nitrogens with zero attached hydrogens (tertiary/aromatic N) is 1. The highest BCUT2D eigenvalue weighted by Crippen LogP contribution is 2.10. The van der Waals surface area contributed by atoms with Crippen molar-refractivity contribution >= 4 is 27.3 Å². The zero-order valence-corrected chi connectivity index (χ0v) is 8.00. The third kappa shape index (κ3) is 5.99. The van der Waals surface area contributed by atoms with Crippen molar-refractivity contribution in [1.82, 2.24) is 4.98 Å². The van der Waals surface area contributed by atoms with Crippen LogP contribution in [0.5, 0.6) is 0 Å². The summed E-state index contributed by atoms with van der Waals surface area (Å²) in [6.45, 7) is 4.25. The molecule has 0 atom stereocenters. The number of halogens is 1. The Hall–Kier alpha value is 0.110. The summed E-state index contributed by atoms with van der Waals surface area (Å²) < 4.78 is 0.947. The molecular formula is C6H10BrNS. The third-order valence-electron chi connectivity index (χ3n) is 0.402. The van der Waals surface area contributed by atoms with Gasteiger partial charge in [-0.25, -0.2) is 4.98 Å². The molecule has 0 N–H and O–H groups in total. The molecule has 1 aromatic rings. The molecule has 1 aromatic heterocycles. The van der Waals surface area contributed by atoms with Gasteiger partial charge in [0.05, 0.1) is 0 Å². The molecule has 0 amide bonds. The summed E-state index contributed by atoms with van der Waals surface area (Å²) in [5.41, 5.74) is 0. The summed E-state index contributed by atoms with van der Waals surface area (Å²) in [4.78, 5) is 3.85. The number of thiazole rings is 1. The van der Waals surface area contributed by atoms with E-state index in [1.54, 1.807) is 17.5 Å². The second-order valence-corrected chi connectivity index (χ2v) is 3.66. The van der Waals surface area contributed by atoms with Gasteiger partial charge >= 0.3 is 0 Å². The quantitative estimate of drug-likeness (QED) is 0.637. The Morgan fingerprint density at radius 2 is 2.22 bits per heavy atom. The monoisotopic (exact) mass is 207 g/mol. The summed E-state index contributed by atoms with van der Waals surface area (Å²) in [6, 6.07) is 0. The molecule has 0 aliphatic heterocycles. The van der Waals surface area contributed by atoms with E-state index in [-0.39, 0.29) is 0 Å². The number of hydrogen-bond donors (Lipinski definition) is 0. The van der Waals surface area contributed by atoms with Crippen molar-refractivity contribution in [2.24, 2.45) is 0 Å². The second kappa shape index (κ2) is 6.23. The van der Waals surface area contributed by atoms with Crippen molar-refractivity contribution in [3.63, 3.8) is 0 Å². The van der Waals surface area contributed by atoms with E-state index in [4.69, 9.17) is 0 Å². The van der Waals surface area contributed by atoms with Crippen LogP contribution in [0.4, 0.5) is 0 Å². The van der Waals surface area contributed by atoms with E-state index in [2.05, 4.69) is 34.8 Å². The molecule has 1 heterocycles. The molecule has 9 heavy (non-hydrogen) atoms. The molecule has 0 aromatic carbocycles. The lowest BCUT2D eigenvalue weighted by atomic mass is 10.6. The minimum absolute atomic E-state index is 0.947. The van der Waals surface area contributed by atoms with Crippen molar-refractivity contribution < 1.29 is 0 Å². The smallest absolute Gasteiger partial charge is 0.159 e. The van der Waals surface area contributed by atoms with Crippen LogP contribution in [-0.2, 0) is 0 Å². The van der Waals surface area contributed by atoms with E-state index in [0.717, 1.165) is 3.92 Å². The molecule has 0 aliphatic carbocycles. The van der Waals surface area contributed by atoms with Gasteiger partial charge in [-0.2, -0.15) is 0 Å². The fourth-order valence-corrected chi connectivity index (χ4v) is 1.00. The lowest BCUT2D eigenvalue weighted by molar-refractivity contribution is 1.09. The Kier molecular flexibility index (Phi) is 6.31. The third-order valence-corrected chi connectivity index (χ3v) is 1.73. The van der Waals surface area contributed by atoms with Gasteiger partial charge in [0.1, 0.15) is 0 Å². The Bertz CT molecular complexity index is 128. The van der Waals surface area contributed by atoms with Crippen molar-refractivity contribution in [1.29, 1.82) is 0 Å². The molecule has 1 rings (SSSR count). The van der Waals surface area contributed by atoms with Gasteiger partial charge in [-0.1, -0.05) is 20.3 Å². The first-order valence-corrected chi connectivity index (χ1v) is 4.53. The topological polar surface area (TPSA) is 12.9 Å². The van der Waals surface area contributed by atoms with Crippen LogP contribution in [0.25, 0.3) is 0 Å². The first-order valence-electron chi connectivity index (χ1n) is 2.86. The van der Waals surface area contributed by atoms with E-state index >= 15 is 0 Å². The molecule has 0 saturated heterocycles.